The van der Waals surface area contributed by atoms with Gasteiger partial charge in [-0.15, -0.1) is 0 Å². The molecule has 0 fully saturated rings. The van der Waals surface area contributed by atoms with Gasteiger partial charge < -0.3 is 24.3 Å². The van der Waals surface area contributed by atoms with Crippen LogP contribution in [0.15, 0.2) is 48.7 Å². The van der Waals surface area contributed by atoms with Gasteiger partial charge in [0.25, 0.3) is 5.91 Å². The molecule has 0 atom stereocenters. The molecule has 1 heterocycles. The summed E-state index contributed by atoms with van der Waals surface area (Å²) in [4.78, 5) is 16.8. The summed E-state index contributed by atoms with van der Waals surface area (Å²) in [6, 6.07) is 12.8. The van der Waals surface area contributed by atoms with Gasteiger partial charge in [0.1, 0.15) is 5.75 Å². The number of pyridine rings is 1. The van der Waals surface area contributed by atoms with Crippen LogP contribution in [-0.2, 0) is 0 Å². The van der Waals surface area contributed by atoms with Crippen LogP contribution in [-0.4, -0.2) is 39.3 Å². The number of anilines is 1. The Kier molecular flexibility index (Phi) is 7.33. The number of nitrogens with one attached hydrogen (secondary N) is 1. The van der Waals surface area contributed by atoms with Crippen LogP contribution in [0.1, 0.15) is 27.2 Å². The second-order valence-electron chi connectivity index (χ2n) is 6.89. The van der Waals surface area contributed by atoms with Crippen LogP contribution in [0.2, 0.25) is 0 Å². The predicted molar refractivity (Wildman–Crippen MR) is 125 cm³/mol. The zero-order chi connectivity index (χ0) is 23.1. The van der Waals surface area contributed by atoms with Crippen LogP contribution in [0.4, 0.5) is 5.69 Å². The van der Waals surface area contributed by atoms with Gasteiger partial charge in [0.15, 0.2) is 11.5 Å². The van der Waals surface area contributed by atoms with E-state index in [0.717, 1.165) is 16.8 Å². The fraction of sp³-hybridized carbons (Fsp3) is 0.200. The molecular formula is C25H26N2O5. The maximum absolute atomic E-state index is 12.6. The van der Waals surface area contributed by atoms with Crippen molar-refractivity contribution in [2.75, 3.05) is 33.8 Å². The minimum Gasteiger partial charge on any atom is -0.495 e. The number of hydrogen-bond donors (Lipinski definition) is 1. The summed E-state index contributed by atoms with van der Waals surface area (Å²) in [6.45, 7) is 1.87. The van der Waals surface area contributed by atoms with Crippen molar-refractivity contribution in [2.24, 2.45) is 0 Å². The molecule has 0 radical (unpaired) electrons. The Morgan fingerprint density at radius 3 is 2.03 bits per heavy atom. The molecule has 0 spiro atoms. The molecule has 3 aromatic rings. The molecule has 3 rings (SSSR count). The summed E-state index contributed by atoms with van der Waals surface area (Å²) >= 11 is 0. The Morgan fingerprint density at radius 2 is 1.47 bits per heavy atom. The van der Waals surface area contributed by atoms with E-state index in [-0.39, 0.29) is 5.91 Å². The monoisotopic (exact) mass is 434 g/mol. The number of rotatable bonds is 8. The van der Waals surface area contributed by atoms with Crippen LogP contribution in [0.25, 0.3) is 12.2 Å². The second kappa shape index (κ2) is 10.3. The van der Waals surface area contributed by atoms with Crippen LogP contribution in [0.3, 0.4) is 0 Å². The van der Waals surface area contributed by atoms with Gasteiger partial charge in [0.05, 0.1) is 39.7 Å². The highest BCUT2D eigenvalue weighted by molar-refractivity contribution is 6.05. The van der Waals surface area contributed by atoms with Gasteiger partial charge >= 0.3 is 0 Å². The lowest BCUT2D eigenvalue weighted by atomic mass is 10.1. The summed E-state index contributed by atoms with van der Waals surface area (Å²) < 4.78 is 21.6. The smallest absolute Gasteiger partial charge is 0.257 e. The molecule has 166 valence electrons. The first-order valence-corrected chi connectivity index (χ1v) is 9.89. The third kappa shape index (κ3) is 5.18. The first-order chi connectivity index (χ1) is 15.5. The molecule has 7 nitrogen and oxygen atoms in total. The Hall–Kier alpha value is -4.00. The highest BCUT2D eigenvalue weighted by atomic mass is 16.5. The molecule has 0 bridgehead atoms. The number of nitrogens with zero attached hydrogens (tertiary/aromatic N) is 1. The number of carbonyl (C=O) groups is 1. The van der Waals surface area contributed by atoms with Gasteiger partial charge in [-0.2, -0.15) is 0 Å². The minimum absolute atomic E-state index is 0.262. The predicted octanol–water partition coefficient (Wildman–Crippen LogP) is 4.85. The highest BCUT2D eigenvalue weighted by Crippen LogP contribution is 2.38. The molecule has 1 amide bonds. The highest BCUT2D eigenvalue weighted by Gasteiger charge is 2.13. The van der Waals surface area contributed by atoms with Gasteiger partial charge in [-0.3, -0.25) is 9.78 Å². The number of carbonyl (C=O) groups excluding carboxylic acids is 1. The lowest BCUT2D eigenvalue weighted by Gasteiger charge is -2.13. The van der Waals surface area contributed by atoms with E-state index in [4.69, 9.17) is 18.9 Å². The molecule has 7 heteroatoms. The molecule has 0 saturated carbocycles. The van der Waals surface area contributed by atoms with Crippen molar-refractivity contribution < 1.29 is 23.7 Å². The lowest BCUT2D eigenvalue weighted by molar-refractivity contribution is 0.102. The fourth-order valence-corrected chi connectivity index (χ4v) is 3.11. The van der Waals surface area contributed by atoms with E-state index in [9.17, 15) is 4.79 Å². The van der Waals surface area contributed by atoms with Crippen LogP contribution >= 0.6 is 0 Å². The molecule has 0 unspecified atom stereocenters. The zero-order valence-corrected chi connectivity index (χ0v) is 18.8. The number of ether oxygens (including phenoxy) is 4. The van der Waals surface area contributed by atoms with E-state index in [2.05, 4.69) is 10.3 Å². The number of benzene rings is 2. The van der Waals surface area contributed by atoms with Crippen molar-refractivity contribution >= 4 is 23.7 Å². The summed E-state index contributed by atoms with van der Waals surface area (Å²) in [5.41, 5.74) is 3.61. The summed E-state index contributed by atoms with van der Waals surface area (Å²) in [5, 5.41) is 2.89. The van der Waals surface area contributed by atoms with Gasteiger partial charge in [0, 0.05) is 11.9 Å². The van der Waals surface area contributed by atoms with Crippen LogP contribution in [0, 0.1) is 6.92 Å². The third-order valence-corrected chi connectivity index (χ3v) is 4.80. The topological polar surface area (TPSA) is 78.9 Å². The van der Waals surface area contributed by atoms with E-state index in [1.807, 2.05) is 43.3 Å². The van der Waals surface area contributed by atoms with Crippen LogP contribution < -0.4 is 24.3 Å². The Morgan fingerprint density at radius 1 is 0.812 bits per heavy atom. The van der Waals surface area contributed by atoms with Crippen molar-refractivity contribution in [3.8, 4) is 23.0 Å². The number of hydrogen-bond acceptors (Lipinski definition) is 6. The first-order valence-electron chi connectivity index (χ1n) is 9.89. The fourth-order valence-electron chi connectivity index (χ4n) is 3.11. The van der Waals surface area contributed by atoms with Gasteiger partial charge in [-0.05, 0) is 54.4 Å². The summed E-state index contributed by atoms with van der Waals surface area (Å²) in [6.07, 6.45) is 5.39. The normalized spacial score (nSPS) is 10.7. The lowest BCUT2D eigenvalue weighted by Crippen LogP contribution is -2.13. The van der Waals surface area contributed by atoms with E-state index in [1.165, 1.54) is 0 Å². The average Bonchev–Trinajstić information content (AvgIpc) is 2.82. The molecule has 0 saturated heterocycles. The molecule has 32 heavy (non-hydrogen) atoms. The van der Waals surface area contributed by atoms with Crippen molar-refractivity contribution in [3.63, 3.8) is 0 Å². The SMILES string of the molecule is COc1ccc(/C=C\c2cc(OC)c(OC)c(OC)c2)cc1NC(=O)c1ccc(C)nc1. The number of aryl methyl sites for hydroxylation is 1. The van der Waals surface area contributed by atoms with E-state index in [0.29, 0.717) is 34.2 Å². The second-order valence-corrected chi connectivity index (χ2v) is 6.89. The van der Waals surface area contributed by atoms with Crippen molar-refractivity contribution in [1.82, 2.24) is 4.98 Å². The Balaban J connectivity index is 1.87. The molecular weight excluding hydrogens is 408 g/mol. The average molecular weight is 434 g/mol. The van der Waals surface area contributed by atoms with Gasteiger partial charge in [-0.25, -0.2) is 0 Å². The quantitative estimate of drug-likeness (QED) is 0.511. The Labute approximate surface area is 187 Å². The van der Waals surface area contributed by atoms with Crippen molar-refractivity contribution in [1.29, 1.82) is 0 Å². The number of amides is 1. The van der Waals surface area contributed by atoms with Crippen molar-refractivity contribution in [2.45, 2.75) is 6.92 Å². The summed E-state index contributed by atoms with van der Waals surface area (Å²) in [7, 11) is 6.28. The zero-order valence-electron chi connectivity index (χ0n) is 18.8. The van der Waals surface area contributed by atoms with E-state index < -0.39 is 0 Å². The van der Waals surface area contributed by atoms with Gasteiger partial charge in [0.2, 0.25) is 5.75 Å². The molecule has 2 aromatic carbocycles. The van der Waals surface area contributed by atoms with E-state index >= 15 is 0 Å². The van der Waals surface area contributed by atoms with Crippen molar-refractivity contribution in [3.05, 3.63) is 71.0 Å². The van der Waals surface area contributed by atoms with Gasteiger partial charge in [-0.1, -0.05) is 18.2 Å². The maximum atomic E-state index is 12.6. The van der Waals surface area contributed by atoms with Crippen LogP contribution in [0.5, 0.6) is 23.0 Å². The Bertz CT molecular complexity index is 1100. The third-order valence-electron chi connectivity index (χ3n) is 4.80. The maximum Gasteiger partial charge on any atom is 0.257 e. The molecule has 1 N–H and O–H groups in total. The number of methoxy groups -OCH3 is 4. The standard InChI is InChI=1S/C25H26N2O5/c1-16-6-10-19(15-26-16)25(28)27-20-12-17(9-11-21(20)29-2)7-8-18-13-22(30-3)24(32-5)23(14-18)31-4/h6-15H,1-5H3,(H,27,28)/b8-7-. The molecule has 0 aliphatic carbocycles. The van der Waals surface area contributed by atoms with E-state index in [1.54, 1.807) is 52.8 Å². The largest absolute Gasteiger partial charge is 0.495 e. The first kappa shape index (κ1) is 22.7. The molecule has 0 aliphatic heterocycles. The molecule has 1 aromatic heterocycles. The minimum atomic E-state index is -0.262. The summed E-state index contributed by atoms with van der Waals surface area (Å²) in [5.74, 6) is 1.97. The number of aromatic nitrogens is 1. The molecule has 0 aliphatic rings.